The summed E-state index contributed by atoms with van der Waals surface area (Å²) in [5.74, 6) is 0.155. The second-order valence-corrected chi connectivity index (χ2v) is 7.54. The molecule has 0 N–H and O–H groups in total. The number of nitrogens with zero attached hydrogens (tertiary/aromatic N) is 3. The van der Waals surface area contributed by atoms with Crippen molar-refractivity contribution in [2.24, 2.45) is 0 Å². The molecular formula is C24H19F4N3O3. The number of amides is 1. The first-order valence-electron chi connectivity index (χ1n) is 10.3. The van der Waals surface area contributed by atoms with E-state index in [1.165, 1.54) is 47.6 Å². The number of alkyl halides is 3. The minimum atomic E-state index is -4.49. The molecule has 1 amide bonds. The Kier molecular flexibility index (Phi) is 6.76. The van der Waals surface area contributed by atoms with Crippen LogP contribution in [0.2, 0.25) is 0 Å². The number of rotatable bonds is 8. The van der Waals surface area contributed by atoms with E-state index in [0.717, 1.165) is 12.1 Å². The second kappa shape index (κ2) is 9.90. The fourth-order valence-corrected chi connectivity index (χ4v) is 3.31. The highest BCUT2D eigenvalue weighted by atomic mass is 19.4. The maximum absolute atomic E-state index is 13.2. The van der Waals surface area contributed by atoms with Gasteiger partial charge in [0, 0.05) is 18.5 Å². The third kappa shape index (κ3) is 5.89. The van der Waals surface area contributed by atoms with Gasteiger partial charge in [-0.05, 0) is 42.0 Å². The summed E-state index contributed by atoms with van der Waals surface area (Å²) < 4.78 is 62.6. The first kappa shape index (κ1) is 23.2. The van der Waals surface area contributed by atoms with E-state index >= 15 is 0 Å². The molecule has 34 heavy (non-hydrogen) atoms. The lowest BCUT2D eigenvalue weighted by atomic mass is 10.1. The van der Waals surface area contributed by atoms with Crippen LogP contribution in [0.15, 0.2) is 75.9 Å². The molecule has 2 heterocycles. The Balaban J connectivity index is 1.46. The lowest BCUT2D eigenvalue weighted by molar-refractivity contribution is -0.137. The van der Waals surface area contributed by atoms with Crippen LogP contribution in [-0.2, 0) is 30.4 Å². The zero-order valence-corrected chi connectivity index (χ0v) is 17.8. The summed E-state index contributed by atoms with van der Waals surface area (Å²) in [5.41, 5.74) is 0.0116. The number of aromatic nitrogens is 2. The van der Waals surface area contributed by atoms with Gasteiger partial charge in [0.15, 0.2) is 0 Å². The molecule has 10 heteroatoms. The molecule has 4 rings (SSSR count). The highest BCUT2D eigenvalue weighted by Gasteiger charge is 2.30. The molecule has 6 nitrogen and oxygen atoms in total. The Labute approximate surface area is 191 Å². The van der Waals surface area contributed by atoms with Crippen molar-refractivity contribution in [3.8, 4) is 11.4 Å². The van der Waals surface area contributed by atoms with Crippen LogP contribution < -0.4 is 0 Å². The van der Waals surface area contributed by atoms with Crippen LogP contribution in [0.4, 0.5) is 17.6 Å². The zero-order chi connectivity index (χ0) is 24.1. The number of benzene rings is 2. The molecule has 0 saturated heterocycles. The molecule has 0 unspecified atom stereocenters. The van der Waals surface area contributed by atoms with Crippen LogP contribution in [0.25, 0.3) is 11.4 Å². The standard InChI is InChI=1S/C24H19F4N3O3/c25-19-8-6-16(7-9-19)13-22(32)31(15-20-5-2-12-33-20)11-10-21-29-23(30-34-21)17-3-1-4-18(14-17)24(26,27)28/h1-9,12,14H,10-11,13,15H2. The maximum Gasteiger partial charge on any atom is 0.416 e. The molecule has 2 aromatic heterocycles. The average molecular weight is 473 g/mol. The molecule has 0 fully saturated rings. The number of hydrogen-bond acceptors (Lipinski definition) is 5. The predicted octanol–water partition coefficient (Wildman–Crippen LogP) is 5.30. The number of carbonyl (C=O) groups excluding carboxylic acids is 1. The number of carbonyl (C=O) groups is 1. The predicted molar refractivity (Wildman–Crippen MR) is 113 cm³/mol. The third-order valence-electron chi connectivity index (χ3n) is 5.06. The molecule has 0 spiro atoms. The average Bonchev–Trinajstić information content (AvgIpc) is 3.50. The van der Waals surface area contributed by atoms with Gasteiger partial charge in [-0.3, -0.25) is 4.79 Å². The van der Waals surface area contributed by atoms with Gasteiger partial charge in [-0.15, -0.1) is 0 Å². The molecule has 4 aromatic rings. The normalized spacial score (nSPS) is 11.5. The van der Waals surface area contributed by atoms with Crippen LogP contribution in [0.3, 0.4) is 0 Å². The number of furan rings is 1. The molecule has 0 atom stereocenters. The van der Waals surface area contributed by atoms with E-state index in [9.17, 15) is 22.4 Å². The van der Waals surface area contributed by atoms with Crippen LogP contribution in [0.1, 0.15) is 22.8 Å². The van der Waals surface area contributed by atoms with Gasteiger partial charge in [-0.2, -0.15) is 18.2 Å². The lowest BCUT2D eigenvalue weighted by Gasteiger charge is -2.21. The molecule has 176 valence electrons. The summed E-state index contributed by atoms with van der Waals surface area (Å²) in [6, 6.07) is 13.7. The van der Waals surface area contributed by atoms with Crippen molar-refractivity contribution < 1.29 is 31.3 Å². The van der Waals surface area contributed by atoms with Crippen molar-refractivity contribution in [2.75, 3.05) is 6.54 Å². The van der Waals surface area contributed by atoms with Crippen molar-refractivity contribution >= 4 is 5.91 Å². The summed E-state index contributed by atoms with van der Waals surface area (Å²) in [4.78, 5) is 18.6. The van der Waals surface area contributed by atoms with E-state index in [1.807, 2.05) is 0 Å². The van der Waals surface area contributed by atoms with Crippen molar-refractivity contribution in [1.29, 1.82) is 0 Å². The van der Waals surface area contributed by atoms with E-state index in [2.05, 4.69) is 10.1 Å². The van der Waals surface area contributed by atoms with Gasteiger partial charge in [0.25, 0.3) is 0 Å². The molecule has 0 radical (unpaired) electrons. The van der Waals surface area contributed by atoms with Crippen LogP contribution in [-0.4, -0.2) is 27.5 Å². The Hall–Kier alpha value is -3.95. The second-order valence-electron chi connectivity index (χ2n) is 7.54. The smallest absolute Gasteiger partial charge is 0.416 e. The van der Waals surface area contributed by atoms with E-state index in [0.29, 0.717) is 11.3 Å². The van der Waals surface area contributed by atoms with Gasteiger partial charge in [0.2, 0.25) is 17.6 Å². The van der Waals surface area contributed by atoms with Gasteiger partial charge in [0.1, 0.15) is 11.6 Å². The molecule has 0 aliphatic carbocycles. The number of halogens is 4. The van der Waals surface area contributed by atoms with Crippen molar-refractivity contribution in [2.45, 2.75) is 25.6 Å². The quantitative estimate of drug-likeness (QED) is 0.325. The fourth-order valence-electron chi connectivity index (χ4n) is 3.31. The fraction of sp³-hybridized carbons (Fsp3) is 0.208. The SMILES string of the molecule is O=C(Cc1ccc(F)cc1)N(CCc1nc(-c2cccc(C(F)(F)F)c2)no1)Cc1ccco1. The minimum Gasteiger partial charge on any atom is -0.467 e. The van der Waals surface area contributed by atoms with Gasteiger partial charge < -0.3 is 13.8 Å². The molecule has 0 aliphatic heterocycles. The van der Waals surface area contributed by atoms with E-state index in [4.69, 9.17) is 8.94 Å². The summed E-state index contributed by atoms with van der Waals surface area (Å²) in [5, 5.41) is 3.77. The zero-order valence-electron chi connectivity index (χ0n) is 17.8. The Morgan fingerprint density at radius 1 is 1.03 bits per heavy atom. The Bertz CT molecular complexity index is 1240. The van der Waals surface area contributed by atoms with E-state index < -0.39 is 17.6 Å². The maximum atomic E-state index is 13.2. The van der Waals surface area contributed by atoms with Crippen molar-refractivity contribution in [3.63, 3.8) is 0 Å². The van der Waals surface area contributed by atoms with E-state index in [-0.39, 0.29) is 49.1 Å². The molecule has 0 aliphatic rings. The molecule has 2 aromatic carbocycles. The summed E-state index contributed by atoms with van der Waals surface area (Å²) in [6.07, 6.45) is -2.75. The van der Waals surface area contributed by atoms with Crippen LogP contribution in [0, 0.1) is 5.82 Å². The van der Waals surface area contributed by atoms with Gasteiger partial charge >= 0.3 is 6.18 Å². The Morgan fingerprint density at radius 3 is 2.53 bits per heavy atom. The van der Waals surface area contributed by atoms with Gasteiger partial charge in [-0.1, -0.05) is 29.4 Å². The van der Waals surface area contributed by atoms with E-state index in [1.54, 1.807) is 12.1 Å². The first-order valence-corrected chi connectivity index (χ1v) is 10.3. The summed E-state index contributed by atoms with van der Waals surface area (Å²) in [7, 11) is 0. The lowest BCUT2D eigenvalue weighted by Crippen LogP contribution is -2.33. The minimum absolute atomic E-state index is 0.0244. The van der Waals surface area contributed by atoms with Gasteiger partial charge in [0.05, 0.1) is 24.8 Å². The topological polar surface area (TPSA) is 72.4 Å². The van der Waals surface area contributed by atoms with Crippen LogP contribution >= 0.6 is 0 Å². The Morgan fingerprint density at radius 2 is 1.82 bits per heavy atom. The highest BCUT2D eigenvalue weighted by Crippen LogP contribution is 2.31. The monoisotopic (exact) mass is 473 g/mol. The first-order chi connectivity index (χ1) is 16.3. The molecule has 0 saturated carbocycles. The highest BCUT2D eigenvalue weighted by molar-refractivity contribution is 5.78. The summed E-state index contributed by atoms with van der Waals surface area (Å²) >= 11 is 0. The number of hydrogen-bond donors (Lipinski definition) is 0. The van der Waals surface area contributed by atoms with Crippen molar-refractivity contribution in [3.05, 3.63) is 95.5 Å². The van der Waals surface area contributed by atoms with Crippen LogP contribution in [0.5, 0.6) is 0 Å². The molecular weight excluding hydrogens is 454 g/mol. The largest absolute Gasteiger partial charge is 0.467 e. The molecule has 0 bridgehead atoms. The van der Waals surface area contributed by atoms with Crippen molar-refractivity contribution in [1.82, 2.24) is 15.0 Å². The summed E-state index contributed by atoms with van der Waals surface area (Å²) in [6.45, 7) is 0.395. The van der Waals surface area contributed by atoms with Gasteiger partial charge in [-0.25, -0.2) is 4.39 Å². The third-order valence-corrected chi connectivity index (χ3v) is 5.06.